The summed E-state index contributed by atoms with van der Waals surface area (Å²) in [6, 6.07) is -0.759. The van der Waals surface area contributed by atoms with E-state index in [1.165, 1.54) is 302 Å². The van der Waals surface area contributed by atoms with Gasteiger partial charge in [0.2, 0.25) is 5.91 Å². The lowest BCUT2D eigenvalue weighted by Crippen LogP contribution is -2.46. The number of aliphatic hydroxyl groups is 1. The van der Waals surface area contributed by atoms with Crippen molar-refractivity contribution >= 4 is 13.7 Å². The number of nitrogens with one attached hydrogen (secondary N) is 1. The van der Waals surface area contributed by atoms with Gasteiger partial charge in [-0.2, -0.15) is 0 Å². The minimum absolute atomic E-state index is 0.0778. The Morgan fingerprint density at radius 1 is 0.425 bits per heavy atom. The first-order valence-electron chi connectivity index (χ1n) is 35.7. The molecule has 3 N–H and O–H groups in total. The highest BCUT2D eigenvalue weighted by Gasteiger charge is 2.28. The van der Waals surface area contributed by atoms with Crippen LogP contribution in [0.15, 0.2) is 24.3 Å². The first-order chi connectivity index (χ1) is 39.0. The average molecular weight is 1150 g/mol. The van der Waals surface area contributed by atoms with Crippen molar-refractivity contribution in [3.05, 3.63) is 24.3 Å². The fraction of sp³-hybridized carbons (Fsp3) is 0.930. The number of amides is 1. The fourth-order valence-electron chi connectivity index (χ4n) is 11.1. The third-order valence-corrected chi connectivity index (χ3v) is 17.7. The Hall–Kier alpha value is -1.02. The summed E-state index contributed by atoms with van der Waals surface area (Å²) in [6.45, 7) is 4.94. The molecular weight excluding hydrogens is 1010 g/mol. The van der Waals surface area contributed by atoms with Crippen LogP contribution >= 0.6 is 7.82 Å². The van der Waals surface area contributed by atoms with Gasteiger partial charge in [-0.1, -0.05) is 346 Å². The normalized spacial score (nSPS) is 13.7. The third kappa shape index (κ3) is 64.5. The molecule has 8 nitrogen and oxygen atoms in total. The number of allylic oxidation sites excluding steroid dienone is 4. The molecule has 0 radical (unpaired) electrons. The number of phosphoric acid groups is 1. The quantitative estimate of drug-likeness (QED) is 0.0243. The van der Waals surface area contributed by atoms with Crippen molar-refractivity contribution in [2.24, 2.45) is 0 Å². The monoisotopic (exact) mass is 1150 g/mol. The number of unbranched alkanes of at least 4 members (excludes halogenated alkanes) is 50. The average Bonchev–Trinajstić information content (AvgIpc) is 3.42. The Kier molecular flexibility index (Phi) is 61.7. The van der Waals surface area contributed by atoms with Crippen molar-refractivity contribution in [3.63, 3.8) is 0 Å². The molecule has 80 heavy (non-hydrogen) atoms. The van der Waals surface area contributed by atoms with E-state index in [9.17, 15) is 19.4 Å². The highest BCUT2D eigenvalue weighted by atomic mass is 31.2. The summed E-state index contributed by atoms with van der Waals surface area (Å²) in [6.07, 6.45) is 81.4. The Bertz CT molecular complexity index is 1350. The Labute approximate surface area is 500 Å². The van der Waals surface area contributed by atoms with Gasteiger partial charge in [0, 0.05) is 6.42 Å². The molecular formula is C71H142N2O6P+. The molecule has 0 aliphatic heterocycles. The molecule has 0 aromatic carbocycles. The van der Waals surface area contributed by atoms with Gasteiger partial charge in [-0.25, -0.2) is 4.57 Å². The van der Waals surface area contributed by atoms with Gasteiger partial charge in [0.25, 0.3) is 0 Å². The zero-order chi connectivity index (χ0) is 58.4. The van der Waals surface area contributed by atoms with E-state index >= 15 is 0 Å². The molecule has 0 fully saturated rings. The van der Waals surface area contributed by atoms with Crippen LogP contribution in [-0.2, 0) is 18.4 Å². The number of likely N-dealkylation sites (N-methyl/N-ethyl adjacent to an activating group) is 1. The highest BCUT2D eigenvalue weighted by Crippen LogP contribution is 2.43. The Morgan fingerprint density at radius 3 is 1.02 bits per heavy atom. The molecule has 0 aromatic heterocycles. The van der Waals surface area contributed by atoms with Gasteiger partial charge < -0.3 is 19.8 Å². The maximum Gasteiger partial charge on any atom is 0.472 e. The van der Waals surface area contributed by atoms with Crippen LogP contribution in [-0.4, -0.2) is 73.4 Å². The van der Waals surface area contributed by atoms with Crippen molar-refractivity contribution in [3.8, 4) is 0 Å². The maximum absolute atomic E-state index is 13.1. The molecule has 3 unspecified atom stereocenters. The topological polar surface area (TPSA) is 105 Å². The summed E-state index contributed by atoms with van der Waals surface area (Å²) in [5.41, 5.74) is 0. The van der Waals surface area contributed by atoms with Gasteiger partial charge in [-0.05, 0) is 44.9 Å². The van der Waals surface area contributed by atoms with Crippen LogP contribution in [0.4, 0.5) is 0 Å². The molecule has 0 aliphatic carbocycles. The van der Waals surface area contributed by atoms with E-state index in [1.807, 2.05) is 21.1 Å². The van der Waals surface area contributed by atoms with E-state index in [0.717, 1.165) is 44.9 Å². The zero-order valence-electron chi connectivity index (χ0n) is 54.6. The highest BCUT2D eigenvalue weighted by molar-refractivity contribution is 7.47. The molecule has 0 aliphatic rings. The molecule has 9 heteroatoms. The van der Waals surface area contributed by atoms with Crippen LogP contribution < -0.4 is 5.32 Å². The second-order valence-corrected chi connectivity index (χ2v) is 27.4. The number of hydrogen-bond donors (Lipinski definition) is 3. The van der Waals surface area contributed by atoms with E-state index in [1.54, 1.807) is 0 Å². The number of hydrogen-bond acceptors (Lipinski definition) is 5. The number of rotatable bonds is 67. The van der Waals surface area contributed by atoms with Crippen LogP contribution in [0.25, 0.3) is 0 Å². The van der Waals surface area contributed by atoms with Crippen LogP contribution in [0.5, 0.6) is 0 Å². The molecule has 0 spiro atoms. The summed E-state index contributed by atoms with van der Waals surface area (Å²) >= 11 is 0. The standard InChI is InChI=1S/C71H141N2O6P/c1-6-8-10-12-14-16-18-20-22-24-26-28-30-32-33-34-35-36-37-38-39-41-43-45-47-49-51-53-55-57-59-61-63-65-71(75)72-69(68-79-80(76,77)78-67-66-73(3,4)5)70(74)64-62-60-58-56-54-52-50-48-46-44-42-40-31-29-27-25-23-21-19-17-15-13-11-9-7-2/h18,20,24,26,69-70,74H,6-17,19,21-23,25,27-68H2,1-5H3,(H-,72,75,76,77)/p+1/b20-18-,26-24-. The molecule has 0 saturated carbocycles. The molecule has 0 saturated heterocycles. The maximum atomic E-state index is 13.1. The first kappa shape index (κ1) is 79.0. The predicted octanol–water partition coefficient (Wildman–Crippen LogP) is 22.7. The largest absolute Gasteiger partial charge is 0.472 e. The minimum atomic E-state index is -4.33. The number of phosphoric ester groups is 1. The van der Waals surface area contributed by atoms with E-state index in [2.05, 4.69) is 43.5 Å². The summed E-state index contributed by atoms with van der Waals surface area (Å²) in [7, 11) is 1.64. The van der Waals surface area contributed by atoms with Crippen molar-refractivity contribution in [2.45, 2.75) is 386 Å². The summed E-state index contributed by atoms with van der Waals surface area (Å²) in [5, 5.41) is 14.2. The Balaban J connectivity index is 3.97. The van der Waals surface area contributed by atoms with Gasteiger partial charge in [0.15, 0.2) is 0 Å². The van der Waals surface area contributed by atoms with E-state index in [0.29, 0.717) is 23.9 Å². The van der Waals surface area contributed by atoms with Gasteiger partial charge >= 0.3 is 7.82 Å². The van der Waals surface area contributed by atoms with Crippen molar-refractivity contribution in [2.75, 3.05) is 40.9 Å². The SMILES string of the molecule is CCCCCCC/C=C\C/C=C\CCCCCCCCCCCCCCCCCCCCCCCC(=O)NC(COP(=O)(O)OCC[N+](C)(C)C)C(O)CCCCCCCCCCCCCCCCCCCCCCCCCCC. The second-order valence-electron chi connectivity index (χ2n) is 26.0. The lowest BCUT2D eigenvalue weighted by atomic mass is 10.0. The molecule has 3 atom stereocenters. The predicted molar refractivity (Wildman–Crippen MR) is 351 cm³/mol. The zero-order valence-corrected chi connectivity index (χ0v) is 55.5. The number of carbonyl (C=O) groups is 1. The van der Waals surface area contributed by atoms with Gasteiger partial charge in [0.05, 0.1) is 39.9 Å². The van der Waals surface area contributed by atoms with Crippen LogP contribution in [0.2, 0.25) is 0 Å². The summed E-state index contributed by atoms with van der Waals surface area (Å²) in [4.78, 5) is 23.5. The van der Waals surface area contributed by atoms with Crippen molar-refractivity contribution in [1.29, 1.82) is 0 Å². The van der Waals surface area contributed by atoms with Gasteiger partial charge in [-0.3, -0.25) is 13.8 Å². The molecule has 476 valence electrons. The fourth-order valence-corrected chi connectivity index (χ4v) is 11.9. The number of aliphatic hydroxyl groups excluding tert-OH is 1. The van der Waals surface area contributed by atoms with Crippen LogP contribution in [0, 0.1) is 0 Å². The van der Waals surface area contributed by atoms with Crippen LogP contribution in [0.3, 0.4) is 0 Å². The molecule has 1 amide bonds. The number of nitrogens with zero attached hydrogens (tertiary/aromatic N) is 1. The minimum Gasteiger partial charge on any atom is -0.391 e. The summed E-state index contributed by atoms with van der Waals surface area (Å²) in [5.74, 6) is -0.135. The summed E-state index contributed by atoms with van der Waals surface area (Å²) < 4.78 is 23.9. The first-order valence-corrected chi connectivity index (χ1v) is 37.2. The smallest absolute Gasteiger partial charge is 0.391 e. The van der Waals surface area contributed by atoms with E-state index < -0.39 is 20.0 Å². The van der Waals surface area contributed by atoms with Crippen molar-refractivity contribution in [1.82, 2.24) is 5.32 Å². The Morgan fingerprint density at radius 2 is 0.713 bits per heavy atom. The number of quaternary nitrogens is 1. The lowest BCUT2D eigenvalue weighted by Gasteiger charge is -2.26. The molecule has 0 aromatic rings. The second kappa shape index (κ2) is 62.5. The molecule has 0 bridgehead atoms. The van der Waals surface area contributed by atoms with E-state index in [-0.39, 0.29) is 19.1 Å². The molecule has 0 rings (SSSR count). The number of carbonyl (C=O) groups excluding carboxylic acids is 1. The lowest BCUT2D eigenvalue weighted by molar-refractivity contribution is -0.870. The van der Waals surface area contributed by atoms with E-state index in [4.69, 9.17) is 9.05 Å². The van der Waals surface area contributed by atoms with Crippen LogP contribution in [0.1, 0.15) is 373 Å². The molecule has 0 heterocycles. The third-order valence-electron chi connectivity index (χ3n) is 16.7. The van der Waals surface area contributed by atoms with Crippen molar-refractivity contribution < 1.29 is 32.9 Å². The van der Waals surface area contributed by atoms with Gasteiger partial charge in [-0.15, -0.1) is 0 Å². The van der Waals surface area contributed by atoms with Gasteiger partial charge in [0.1, 0.15) is 13.2 Å².